The highest BCUT2D eigenvalue weighted by atomic mass is 32.1. The average molecular weight is 329 g/mol. The van der Waals surface area contributed by atoms with Gasteiger partial charge in [0.15, 0.2) is 0 Å². The molecule has 0 spiro atoms. The molecule has 120 valence electrons. The SMILES string of the molecule is Fc1cccc(COc2ccccc2C(=S)N2CCCCC2)c1. The first-order valence-electron chi connectivity index (χ1n) is 7.99. The topological polar surface area (TPSA) is 12.5 Å². The molecule has 0 saturated carbocycles. The summed E-state index contributed by atoms with van der Waals surface area (Å²) in [7, 11) is 0. The van der Waals surface area contributed by atoms with Gasteiger partial charge in [0.25, 0.3) is 0 Å². The Bertz CT molecular complexity index is 683. The summed E-state index contributed by atoms with van der Waals surface area (Å²) < 4.78 is 19.2. The number of hydrogen-bond acceptors (Lipinski definition) is 2. The van der Waals surface area contributed by atoms with E-state index in [0.29, 0.717) is 6.61 Å². The molecule has 0 radical (unpaired) electrons. The minimum absolute atomic E-state index is 0.247. The average Bonchev–Trinajstić information content (AvgIpc) is 2.60. The van der Waals surface area contributed by atoms with Crippen LogP contribution in [0.2, 0.25) is 0 Å². The molecule has 1 aliphatic heterocycles. The summed E-state index contributed by atoms with van der Waals surface area (Å²) in [5.41, 5.74) is 1.75. The highest BCUT2D eigenvalue weighted by Crippen LogP contribution is 2.23. The van der Waals surface area contributed by atoms with Crippen molar-refractivity contribution in [2.75, 3.05) is 13.1 Å². The Morgan fingerprint density at radius 3 is 2.61 bits per heavy atom. The Hall–Kier alpha value is -1.94. The molecular weight excluding hydrogens is 309 g/mol. The van der Waals surface area contributed by atoms with Crippen molar-refractivity contribution in [3.05, 3.63) is 65.5 Å². The minimum Gasteiger partial charge on any atom is -0.488 e. The highest BCUT2D eigenvalue weighted by molar-refractivity contribution is 7.80. The van der Waals surface area contributed by atoms with Crippen LogP contribution in [0, 0.1) is 5.82 Å². The fraction of sp³-hybridized carbons (Fsp3) is 0.316. The van der Waals surface area contributed by atoms with Crippen LogP contribution in [0.3, 0.4) is 0 Å². The summed E-state index contributed by atoms with van der Waals surface area (Å²) in [5.74, 6) is 0.510. The predicted octanol–water partition coefficient (Wildman–Crippen LogP) is 4.57. The molecule has 3 rings (SSSR count). The van der Waals surface area contributed by atoms with Crippen LogP contribution in [-0.2, 0) is 6.61 Å². The van der Waals surface area contributed by atoms with Crippen molar-refractivity contribution in [2.45, 2.75) is 25.9 Å². The number of likely N-dealkylation sites (tertiary alicyclic amines) is 1. The van der Waals surface area contributed by atoms with Crippen LogP contribution in [0.1, 0.15) is 30.4 Å². The minimum atomic E-state index is -0.247. The highest BCUT2D eigenvalue weighted by Gasteiger charge is 2.17. The number of halogens is 1. The molecule has 1 aliphatic rings. The molecule has 4 heteroatoms. The molecule has 23 heavy (non-hydrogen) atoms. The van der Waals surface area contributed by atoms with E-state index in [4.69, 9.17) is 17.0 Å². The van der Waals surface area contributed by atoms with Gasteiger partial charge in [-0.3, -0.25) is 0 Å². The monoisotopic (exact) mass is 329 g/mol. The van der Waals surface area contributed by atoms with Gasteiger partial charge in [0.1, 0.15) is 23.2 Å². The van der Waals surface area contributed by atoms with Crippen LogP contribution >= 0.6 is 12.2 Å². The molecule has 1 fully saturated rings. The lowest BCUT2D eigenvalue weighted by Crippen LogP contribution is -2.35. The number of thiocarbonyl (C=S) groups is 1. The standard InChI is InChI=1S/C19H20FNOS/c20-16-8-6-7-15(13-16)14-22-18-10-3-2-9-17(18)19(23)21-11-4-1-5-12-21/h2-3,6-10,13H,1,4-5,11-12,14H2. The van der Waals surface area contributed by atoms with Gasteiger partial charge in [-0.05, 0) is 49.1 Å². The zero-order valence-electron chi connectivity index (χ0n) is 13.0. The molecule has 2 nitrogen and oxygen atoms in total. The molecule has 0 aromatic heterocycles. The Morgan fingerprint density at radius 1 is 1.04 bits per heavy atom. The number of nitrogens with zero attached hydrogens (tertiary/aromatic N) is 1. The number of piperidine rings is 1. The fourth-order valence-corrected chi connectivity index (χ4v) is 3.18. The third kappa shape index (κ3) is 4.08. The Kier molecular flexibility index (Phi) is 5.23. The van der Waals surface area contributed by atoms with Gasteiger partial charge in [-0.25, -0.2) is 4.39 Å². The van der Waals surface area contributed by atoms with Gasteiger partial charge in [0.05, 0.1) is 5.56 Å². The molecule has 0 atom stereocenters. The predicted molar refractivity (Wildman–Crippen MR) is 94.3 cm³/mol. The van der Waals surface area contributed by atoms with Gasteiger partial charge in [-0.15, -0.1) is 0 Å². The van der Waals surface area contributed by atoms with Gasteiger partial charge in [-0.1, -0.05) is 36.5 Å². The molecule has 0 unspecified atom stereocenters. The summed E-state index contributed by atoms with van der Waals surface area (Å²) in [6, 6.07) is 14.3. The van der Waals surface area contributed by atoms with Crippen LogP contribution < -0.4 is 4.74 Å². The molecule has 0 bridgehead atoms. The van der Waals surface area contributed by atoms with E-state index >= 15 is 0 Å². The summed E-state index contributed by atoms with van der Waals surface area (Å²) in [6.07, 6.45) is 3.65. The van der Waals surface area contributed by atoms with Crippen LogP contribution in [0.5, 0.6) is 5.75 Å². The number of hydrogen-bond donors (Lipinski definition) is 0. The molecule has 1 heterocycles. The molecule has 0 aliphatic carbocycles. The maximum Gasteiger partial charge on any atom is 0.130 e. The molecule has 1 saturated heterocycles. The first-order valence-corrected chi connectivity index (χ1v) is 8.40. The van der Waals surface area contributed by atoms with Crippen molar-refractivity contribution in [3.63, 3.8) is 0 Å². The first kappa shape index (κ1) is 15.9. The van der Waals surface area contributed by atoms with Crippen molar-refractivity contribution < 1.29 is 9.13 Å². The summed E-state index contributed by atoms with van der Waals surface area (Å²) >= 11 is 5.67. The van der Waals surface area contributed by atoms with Crippen LogP contribution in [0.25, 0.3) is 0 Å². The summed E-state index contributed by atoms with van der Waals surface area (Å²) in [5, 5.41) is 0. The van der Waals surface area contributed by atoms with Gasteiger partial charge in [0.2, 0.25) is 0 Å². The second-order valence-corrected chi connectivity index (χ2v) is 6.15. The fourth-order valence-electron chi connectivity index (χ4n) is 2.82. The van der Waals surface area contributed by atoms with Gasteiger partial charge in [-0.2, -0.15) is 0 Å². The first-order chi connectivity index (χ1) is 11.2. The van der Waals surface area contributed by atoms with E-state index in [0.717, 1.165) is 35.0 Å². The number of benzene rings is 2. The number of para-hydroxylation sites is 1. The summed E-state index contributed by atoms with van der Waals surface area (Å²) in [4.78, 5) is 3.10. The maximum atomic E-state index is 13.3. The number of rotatable bonds is 4. The van der Waals surface area contributed by atoms with Crippen LogP contribution in [-0.4, -0.2) is 23.0 Å². The van der Waals surface area contributed by atoms with Crippen molar-refractivity contribution in [1.29, 1.82) is 0 Å². The van der Waals surface area contributed by atoms with Crippen molar-refractivity contribution in [2.24, 2.45) is 0 Å². The van der Waals surface area contributed by atoms with Gasteiger partial charge < -0.3 is 9.64 Å². The molecular formula is C19H20FNOS. The van der Waals surface area contributed by atoms with E-state index in [1.165, 1.54) is 31.4 Å². The lowest BCUT2D eigenvalue weighted by atomic mass is 10.1. The quantitative estimate of drug-likeness (QED) is 0.763. The molecule has 0 amide bonds. The van der Waals surface area contributed by atoms with Gasteiger partial charge >= 0.3 is 0 Å². The van der Waals surface area contributed by atoms with E-state index in [2.05, 4.69) is 4.90 Å². The zero-order chi connectivity index (χ0) is 16.1. The van der Waals surface area contributed by atoms with E-state index in [9.17, 15) is 4.39 Å². The summed E-state index contributed by atoms with van der Waals surface area (Å²) in [6.45, 7) is 2.35. The van der Waals surface area contributed by atoms with Crippen molar-refractivity contribution in [3.8, 4) is 5.75 Å². The van der Waals surface area contributed by atoms with E-state index in [1.54, 1.807) is 6.07 Å². The normalized spacial score (nSPS) is 14.6. The van der Waals surface area contributed by atoms with Crippen LogP contribution in [0.15, 0.2) is 48.5 Å². The van der Waals surface area contributed by atoms with E-state index < -0.39 is 0 Å². The molecule has 2 aromatic rings. The molecule has 0 N–H and O–H groups in total. The Labute approximate surface area is 141 Å². The zero-order valence-corrected chi connectivity index (χ0v) is 13.8. The third-order valence-electron chi connectivity index (χ3n) is 4.04. The lowest BCUT2D eigenvalue weighted by molar-refractivity contribution is 0.302. The van der Waals surface area contributed by atoms with Crippen molar-refractivity contribution >= 4 is 17.2 Å². The van der Waals surface area contributed by atoms with Gasteiger partial charge in [0, 0.05) is 13.1 Å². The number of ether oxygens (including phenoxy) is 1. The smallest absolute Gasteiger partial charge is 0.130 e. The second-order valence-electron chi connectivity index (χ2n) is 5.77. The maximum absolute atomic E-state index is 13.3. The van der Waals surface area contributed by atoms with E-state index in [1.807, 2.05) is 30.3 Å². The second kappa shape index (κ2) is 7.55. The third-order valence-corrected chi connectivity index (χ3v) is 4.52. The largest absolute Gasteiger partial charge is 0.488 e. The Balaban J connectivity index is 1.73. The molecule has 2 aromatic carbocycles. The lowest BCUT2D eigenvalue weighted by Gasteiger charge is -2.29. The van der Waals surface area contributed by atoms with E-state index in [-0.39, 0.29) is 5.82 Å². The van der Waals surface area contributed by atoms with Crippen LogP contribution in [0.4, 0.5) is 4.39 Å². The van der Waals surface area contributed by atoms with Crippen molar-refractivity contribution in [1.82, 2.24) is 4.90 Å². The Morgan fingerprint density at radius 2 is 1.83 bits per heavy atom.